The fraction of sp³-hybridized carbons (Fsp3) is 0.333. The van der Waals surface area contributed by atoms with E-state index in [0.717, 1.165) is 11.3 Å². The van der Waals surface area contributed by atoms with Gasteiger partial charge in [-0.15, -0.1) is 0 Å². The van der Waals surface area contributed by atoms with Gasteiger partial charge in [0.15, 0.2) is 5.82 Å². The number of aliphatic hydroxyl groups is 1. The minimum Gasteiger partial charge on any atom is -0.384 e. The van der Waals surface area contributed by atoms with E-state index in [1.54, 1.807) is 24.7 Å². The Balaban J connectivity index is 1.92. The lowest BCUT2D eigenvalue weighted by Crippen LogP contribution is -2.40. The molecule has 3 N–H and O–H groups in total. The molecule has 1 aromatic carbocycles. The molecule has 0 aliphatic heterocycles. The van der Waals surface area contributed by atoms with E-state index in [1.165, 1.54) is 0 Å². The quantitative estimate of drug-likeness (QED) is 0.802. The van der Waals surface area contributed by atoms with Crippen molar-refractivity contribution in [3.8, 4) is 0 Å². The second kappa shape index (κ2) is 5.97. The number of carbonyl (C=O) groups excluding carboxylic acids is 1. The number of rotatable bonds is 4. The van der Waals surface area contributed by atoms with Crippen molar-refractivity contribution in [2.45, 2.75) is 19.4 Å². The topological polar surface area (TPSA) is 79.2 Å². The number of urea groups is 1. The van der Waals surface area contributed by atoms with E-state index < -0.39 is 11.6 Å². The summed E-state index contributed by atoms with van der Waals surface area (Å²) in [5.74, 6) is 0.479. The predicted molar refractivity (Wildman–Crippen MR) is 81.0 cm³/mol. The van der Waals surface area contributed by atoms with Crippen LogP contribution in [-0.2, 0) is 12.6 Å². The lowest BCUT2D eigenvalue weighted by atomic mass is 9.96. The number of anilines is 1. The van der Waals surface area contributed by atoms with Gasteiger partial charge in [-0.3, -0.25) is 10.00 Å². The molecule has 1 aromatic heterocycles. The monoisotopic (exact) mass is 288 g/mol. The first-order chi connectivity index (χ1) is 9.88. The van der Waals surface area contributed by atoms with Crippen LogP contribution >= 0.6 is 0 Å². The molecule has 0 spiro atoms. The van der Waals surface area contributed by atoms with Crippen molar-refractivity contribution in [3.63, 3.8) is 0 Å². The molecule has 2 rings (SSSR count). The molecule has 1 unspecified atom stereocenters. The molecule has 0 radical (unpaired) electrons. The Morgan fingerprint density at radius 3 is 2.62 bits per heavy atom. The zero-order chi connectivity index (χ0) is 15.5. The van der Waals surface area contributed by atoms with Gasteiger partial charge in [-0.05, 0) is 19.4 Å². The number of nitrogens with one attached hydrogen (secondary N) is 2. The van der Waals surface area contributed by atoms with E-state index in [4.69, 9.17) is 0 Å². The third kappa shape index (κ3) is 3.82. The molecule has 0 saturated heterocycles. The van der Waals surface area contributed by atoms with Gasteiger partial charge in [0.05, 0.1) is 6.54 Å². The highest BCUT2D eigenvalue weighted by Gasteiger charge is 2.23. The van der Waals surface area contributed by atoms with Crippen molar-refractivity contribution in [1.82, 2.24) is 15.1 Å². The van der Waals surface area contributed by atoms with Gasteiger partial charge in [0.1, 0.15) is 5.60 Å². The minimum atomic E-state index is -1.13. The molecule has 2 aromatic rings. The summed E-state index contributed by atoms with van der Waals surface area (Å²) in [5.41, 5.74) is 0.569. The molecule has 21 heavy (non-hydrogen) atoms. The largest absolute Gasteiger partial charge is 0.384 e. The summed E-state index contributed by atoms with van der Waals surface area (Å²) in [6.45, 7) is 3.67. The molecule has 1 heterocycles. The lowest BCUT2D eigenvalue weighted by molar-refractivity contribution is 0.0599. The van der Waals surface area contributed by atoms with E-state index in [9.17, 15) is 9.90 Å². The first-order valence-electron chi connectivity index (χ1n) is 6.72. The summed E-state index contributed by atoms with van der Waals surface area (Å²) in [5, 5.41) is 19.8. The summed E-state index contributed by atoms with van der Waals surface area (Å²) in [7, 11) is 1.80. The number of benzene rings is 1. The highest BCUT2D eigenvalue weighted by Crippen LogP contribution is 2.18. The van der Waals surface area contributed by atoms with Crippen molar-refractivity contribution in [2.75, 3.05) is 11.9 Å². The third-order valence-electron chi connectivity index (χ3n) is 3.34. The molecular formula is C15H20N4O2. The highest BCUT2D eigenvalue weighted by molar-refractivity contribution is 5.88. The maximum Gasteiger partial charge on any atom is 0.320 e. The smallest absolute Gasteiger partial charge is 0.320 e. The van der Waals surface area contributed by atoms with Crippen molar-refractivity contribution in [3.05, 3.63) is 47.7 Å². The molecular weight excluding hydrogens is 268 g/mol. The SMILES string of the molecule is Cc1cc(NC(=O)NCC(C)(O)c2ccccc2)nn1C. The van der Waals surface area contributed by atoms with Crippen LogP contribution in [0.15, 0.2) is 36.4 Å². The molecule has 0 aliphatic carbocycles. The van der Waals surface area contributed by atoms with E-state index >= 15 is 0 Å². The maximum atomic E-state index is 11.8. The summed E-state index contributed by atoms with van der Waals surface area (Å²) >= 11 is 0. The molecule has 1 atom stereocenters. The van der Waals surface area contributed by atoms with Gasteiger partial charge in [0, 0.05) is 18.8 Å². The van der Waals surface area contributed by atoms with Gasteiger partial charge >= 0.3 is 6.03 Å². The Morgan fingerprint density at radius 1 is 1.38 bits per heavy atom. The molecule has 2 amide bonds. The average Bonchev–Trinajstić information content (AvgIpc) is 2.76. The van der Waals surface area contributed by atoms with Gasteiger partial charge in [-0.25, -0.2) is 4.79 Å². The van der Waals surface area contributed by atoms with Crippen LogP contribution in [-0.4, -0.2) is 27.5 Å². The molecule has 0 aliphatic rings. The Hall–Kier alpha value is -2.34. The fourth-order valence-corrected chi connectivity index (χ4v) is 1.93. The molecule has 112 valence electrons. The predicted octanol–water partition coefficient (Wildman–Crippen LogP) is 1.76. The minimum absolute atomic E-state index is 0.106. The van der Waals surface area contributed by atoms with Crippen molar-refractivity contribution < 1.29 is 9.90 Å². The van der Waals surface area contributed by atoms with Crippen molar-refractivity contribution in [1.29, 1.82) is 0 Å². The number of hydrogen-bond donors (Lipinski definition) is 3. The summed E-state index contributed by atoms with van der Waals surface area (Å²) < 4.78 is 1.68. The van der Waals surface area contributed by atoms with Crippen LogP contribution in [0.5, 0.6) is 0 Å². The Labute approximate surface area is 123 Å². The maximum absolute atomic E-state index is 11.8. The second-order valence-electron chi connectivity index (χ2n) is 5.24. The van der Waals surface area contributed by atoms with Gasteiger partial charge in [0.25, 0.3) is 0 Å². The molecule has 0 fully saturated rings. The van der Waals surface area contributed by atoms with Gasteiger partial charge in [0.2, 0.25) is 0 Å². The molecule has 6 nitrogen and oxygen atoms in total. The first kappa shape index (κ1) is 15.1. The number of amides is 2. The van der Waals surface area contributed by atoms with Crippen LogP contribution in [0.25, 0.3) is 0 Å². The van der Waals surface area contributed by atoms with Crippen molar-refractivity contribution in [2.24, 2.45) is 7.05 Å². The van der Waals surface area contributed by atoms with Gasteiger partial charge < -0.3 is 10.4 Å². The first-order valence-corrected chi connectivity index (χ1v) is 6.72. The van der Waals surface area contributed by atoms with Gasteiger partial charge in [-0.2, -0.15) is 5.10 Å². The average molecular weight is 288 g/mol. The summed E-state index contributed by atoms with van der Waals surface area (Å²) in [6, 6.07) is 10.6. The standard InChI is InChI=1S/C15H20N4O2/c1-11-9-13(18-19(11)3)17-14(20)16-10-15(2,21)12-7-5-4-6-8-12/h4-9,21H,10H2,1-3H3,(H2,16,17,18,20). The fourth-order valence-electron chi connectivity index (χ4n) is 1.93. The van der Waals surface area contributed by atoms with E-state index in [1.807, 2.05) is 37.3 Å². The Bertz CT molecular complexity index is 600. The zero-order valence-electron chi connectivity index (χ0n) is 12.4. The highest BCUT2D eigenvalue weighted by atomic mass is 16.3. The van der Waals surface area contributed by atoms with Crippen LogP contribution in [0.4, 0.5) is 10.6 Å². The Morgan fingerprint density at radius 2 is 2.05 bits per heavy atom. The molecule has 0 bridgehead atoms. The van der Waals surface area contributed by atoms with E-state index in [-0.39, 0.29) is 6.54 Å². The van der Waals surface area contributed by atoms with Crippen LogP contribution in [0.3, 0.4) is 0 Å². The van der Waals surface area contributed by atoms with Crippen LogP contribution in [0, 0.1) is 6.92 Å². The van der Waals surface area contributed by atoms with Crippen LogP contribution in [0.1, 0.15) is 18.2 Å². The number of carbonyl (C=O) groups is 1. The van der Waals surface area contributed by atoms with Crippen molar-refractivity contribution >= 4 is 11.8 Å². The normalized spacial score (nSPS) is 13.5. The van der Waals surface area contributed by atoms with E-state index in [2.05, 4.69) is 15.7 Å². The van der Waals surface area contributed by atoms with E-state index in [0.29, 0.717) is 5.82 Å². The van der Waals surface area contributed by atoms with Crippen LogP contribution in [0.2, 0.25) is 0 Å². The molecule has 6 heteroatoms. The number of nitrogens with zero attached hydrogens (tertiary/aromatic N) is 2. The summed E-state index contributed by atoms with van der Waals surface area (Å²) in [4.78, 5) is 11.8. The zero-order valence-corrected chi connectivity index (χ0v) is 12.4. The van der Waals surface area contributed by atoms with Gasteiger partial charge in [-0.1, -0.05) is 30.3 Å². The lowest BCUT2D eigenvalue weighted by Gasteiger charge is -2.24. The summed E-state index contributed by atoms with van der Waals surface area (Å²) in [6.07, 6.45) is 0. The second-order valence-corrected chi connectivity index (χ2v) is 5.24. The number of hydrogen-bond acceptors (Lipinski definition) is 3. The Kier molecular flexibility index (Phi) is 4.28. The number of aryl methyl sites for hydroxylation is 2. The third-order valence-corrected chi connectivity index (χ3v) is 3.34. The molecule has 0 saturated carbocycles. The van der Waals surface area contributed by atoms with Crippen LogP contribution < -0.4 is 10.6 Å². The number of aromatic nitrogens is 2.